The number of guanidine groups is 1. The van der Waals surface area contributed by atoms with E-state index in [1.807, 2.05) is 0 Å². The molecule has 0 aliphatic carbocycles. The highest BCUT2D eigenvalue weighted by atomic mass is 16.6. The average Bonchev–Trinajstić information content (AvgIpc) is 2.90. The van der Waals surface area contributed by atoms with Crippen molar-refractivity contribution < 1.29 is 42.5 Å². The van der Waals surface area contributed by atoms with Crippen LogP contribution in [0.5, 0.6) is 5.75 Å². The van der Waals surface area contributed by atoms with E-state index in [4.69, 9.17) is 23.4 Å². The first kappa shape index (κ1) is 34.3. The molecule has 0 radical (unpaired) electrons. The summed E-state index contributed by atoms with van der Waals surface area (Å²) in [6.45, 7) is 11.8. The number of benzene rings is 2. The van der Waals surface area contributed by atoms with Crippen LogP contribution in [0.25, 0.3) is 11.0 Å². The maximum atomic E-state index is 12.8. The Balaban J connectivity index is 1.64. The summed E-state index contributed by atoms with van der Waals surface area (Å²) >= 11 is 0. The van der Waals surface area contributed by atoms with E-state index in [-0.39, 0.29) is 36.0 Å². The largest absolute Gasteiger partial charge is 0.461 e. The van der Waals surface area contributed by atoms with Crippen LogP contribution in [0.1, 0.15) is 70.0 Å². The molecule has 2 aromatic carbocycles. The third kappa shape index (κ3) is 11.8. The lowest BCUT2D eigenvalue weighted by Crippen LogP contribution is -2.44. The number of nitrogens with one attached hydrogen (secondary N) is 2. The van der Waals surface area contributed by atoms with Crippen LogP contribution in [0.2, 0.25) is 0 Å². The number of hydrogen-bond donors (Lipinski definition) is 2. The Bertz CT molecular complexity index is 1640. The van der Waals surface area contributed by atoms with Crippen molar-refractivity contribution in [2.75, 3.05) is 6.54 Å². The van der Waals surface area contributed by atoms with Crippen LogP contribution in [0.4, 0.5) is 9.59 Å². The minimum atomic E-state index is -0.901. The zero-order chi connectivity index (χ0) is 33.4. The van der Waals surface area contributed by atoms with Crippen LogP contribution in [-0.4, -0.2) is 47.8 Å². The van der Waals surface area contributed by atoms with Gasteiger partial charge in [-0.05, 0) is 89.4 Å². The fraction of sp³-hybridized carbons (Fsp3) is 0.375. The Morgan fingerprint density at radius 2 is 1.51 bits per heavy atom. The molecule has 1 aromatic heterocycles. The van der Waals surface area contributed by atoms with Crippen molar-refractivity contribution in [3.63, 3.8) is 0 Å². The lowest BCUT2D eigenvalue weighted by Gasteiger charge is -2.21. The van der Waals surface area contributed by atoms with Crippen LogP contribution in [0, 0.1) is 0 Å². The molecule has 0 atom stereocenters. The molecule has 2 N–H and O–H groups in total. The zero-order valence-electron chi connectivity index (χ0n) is 26.3. The van der Waals surface area contributed by atoms with Crippen molar-refractivity contribution in [2.24, 2.45) is 4.99 Å². The number of aliphatic imine (C=N–C) groups is 1. The molecule has 3 aromatic rings. The number of hydrogen-bond acceptors (Lipinski definition) is 10. The summed E-state index contributed by atoms with van der Waals surface area (Å²) in [6.07, 6.45) is -1.26. The number of amides is 2. The Morgan fingerprint density at radius 3 is 2.13 bits per heavy atom. The summed E-state index contributed by atoms with van der Waals surface area (Å²) in [5.41, 5.74) is -0.956. The number of carbonyl (C=O) groups excluding carboxylic acids is 4. The number of alkyl carbamates (subject to hydrolysis) is 1. The van der Waals surface area contributed by atoms with E-state index in [1.165, 1.54) is 13.0 Å². The standard InChI is InChI=1S/C32H37N3O10/c1-19(36)41-18-21-10-13-25-22(16-21)17-24(27(38)43-25)26(37)42-23-11-8-20(9-12-23)14-15-33-28(34-29(39)44-31(2,3)4)35-30(40)45-32(5,6)7/h8-13,16-17H,14-15,18H2,1-7H3,(H2,33,34,35,39,40). The number of carbonyl (C=O) groups is 4. The fourth-order valence-corrected chi connectivity index (χ4v) is 3.69. The van der Waals surface area contributed by atoms with Crippen LogP contribution >= 0.6 is 0 Å². The van der Waals surface area contributed by atoms with E-state index < -0.39 is 41.0 Å². The Kier molecular flexibility index (Phi) is 11.1. The first-order chi connectivity index (χ1) is 21.0. The summed E-state index contributed by atoms with van der Waals surface area (Å²) in [5.74, 6) is -1.29. The van der Waals surface area contributed by atoms with Crippen molar-refractivity contribution in [2.45, 2.75) is 72.7 Å². The molecule has 45 heavy (non-hydrogen) atoms. The molecule has 0 aliphatic rings. The molecule has 0 saturated heterocycles. The minimum Gasteiger partial charge on any atom is -0.461 e. The molecular weight excluding hydrogens is 586 g/mol. The van der Waals surface area contributed by atoms with Gasteiger partial charge in [0.25, 0.3) is 0 Å². The van der Waals surface area contributed by atoms with Gasteiger partial charge in [-0.2, -0.15) is 0 Å². The number of esters is 2. The number of nitrogens with zero attached hydrogens (tertiary/aromatic N) is 1. The highest BCUT2D eigenvalue weighted by Crippen LogP contribution is 2.19. The van der Waals surface area contributed by atoms with Gasteiger partial charge in [0.2, 0.25) is 5.96 Å². The van der Waals surface area contributed by atoms with Gasteiger partial charge in [0, 0.05) is 18.9 Å². The average molecular weight is 624 g/mol. The van der Waals surface area contributed by atoms with Crippen molar-refractivity contribution >= 4 is 41.1 Å². The zero-order valence-corrected chi connectivity index (χ0v) is 26.3. The summed E-state index contributed by atoms with van der Waals surface area (Å²) in [4.78, 5) is 64.6. The Hall–Kier alpha value is -5.20. The highest BCUT2D eigenvalue weighted by Gasteiger charge is 2.21. The predicted octanol–water partition coefficient (Wildman–Crippen LogP) is 5.02. The lowest BCUT2D eigenvalue weighted by atomic mass is 10.1. The quantitative estimate of drug-likeness (QED) is 0.0903. The van der Waals surface area contributed by atoms with Gasteiger partial charge in [-0.15, -0.1) is 4.99 Å². The van der Waals surface area contributed by atoms with Crippen molar-refractivity contribution in [1.29, 1.82) is 0 Å². The molecule has 2 amide bonds. The molecule has 3 rings (SSSR count). The molecule has 240 valence electrons. The molecule has 0 unspecified atom stereocenters. The van der Waals surface area contributed by atoms with Crippen molar-refractivity contribution in [1.82, 2.24) is 10.6 Å². The minimum absolute atomic E-state index is 0.0319. The normalized spacial score (nSPS) is 11.8. The van der Waals surface area contributed by atoms with Gasteiger partial charge >= 0.3 is 29.8 Å². The first-order valence-corrected chi connectivity index (χ1v) is 14.0. The molecule has 0 aliphatic heterocycles. The van der Waals surface area contributed by atoms with Gasteiger partial charge in [-0.1, -0.05) is 18.2 Å². The van der Waals surface area contributed by atoms with Crippen LogP contribution in [0.15, 0.2) is 62.7 Å². The maximum absolute atomic E-state index is 12.8. The molecule has 0 saturated carbocycles. The second-order valence-corrected chi connectivity index (χ2v) is 11.9. The molecular formula is C32H37N3O10. The van der Waals surface area contributed by atoms with Crippen LogP contribution in [0.3, 0.4) is 0 Å². The van der Waals surface area contributed by atoms with E-state index >= 15 is 0 Å². The van der Waals surface area contributed by atoms with E-state index in [0.29, 0.717) is 17.4 Å². The van der Waals surface area contributed by atoms with Gasteiger partial charge in [-0.25, -0.2) is 19.2 Å². The molecule has 0 fully saturated rings. The fourth-order valence-electron chi connectivity index (χ4n) is 3.69. The maximum Gasteiger partial charge on any atom is 0.437 e. The summed E-state index contributed by atoms with van der Waals surface area (Å²) < 4.78 is 26.1. The molecule has 1 heterocycles. The number of rotatable bonds is 7. The summed E-state index contributed by atoms with van der Waals surface area (Å²) in [6, 6.07) is 12.7. The number of fused-ring (bicyclic) bond motifs is 1. The Morgan fingerprint density at radius 1 is 0.867 bits per heavy atom. The smallest absolute Gasteiger partial charge is 0.437 e. The molecule has 13 nitrogen and oxygen atoms in total. The monoisotopic (exact) mass is 623 g/mol. The second-order valence-electron chi connectivity index (χ2n) is 11.9. The van der Waals surface area contributed by atoms with Crippen molar-refractivity contribution in [3.05, 3.63) is 75.6 Å². The SMILES string of the molecule is CC(=O)OCc1ccc2oc(=O)c(C(=O)Oc3ccc(CCNC(=NC(=O)OC(C)(C)C)NC(=O)OC(C)(C)C)cc3)cc2c1. The van der Waals surface area contributed by atoms with E-state index in [0.717, 1.165) is 5.56 Å². The van der Waals surface area contributed by atoms with Gasteiger partial charge in [0.15, 0.2) is 0 Å². The predicted molar refractivity (Wildman–Crippen MR) is 164 cm³/mol. The third-order valence-electron chi connectivity index (χ3n) is 5.51. The second kappa shape index (κ2) is 14.5. The van der Waals surface area contributed by atoms with Gasteiger partial charge in [-0.3, -0.25) is 10.1 Å². The topological polar surface area (TPSA) is 172 Å². The third-order valence-corrected chi connectivity index (χ3v) is 5.51. The van der Waals surface area contributed by atoms with Crippen LogP contribution in [-0.2, 0) is 32.0 Å². The summed E-state index contributed by atoms with van der Waals surface area (Å²) in [7, 11) is 0. The molecule has 0 spiro atoms. The van der Waals surface area contributed by atoms with Gasteiger partial charge < -0.3 is 28.7 Å². The van der Waals surface area contributed by atoms with E-state index in [9.17, 15) is 24.0 Å². The lowest BCUT2D eigenvalue weighted by molar-refractivity contribution is -0.142. The molecule has 13 heteroatoms. The number of ether oxygens (including phenoxy) is 4. The first-order valence-electron chi connectivity index (χ1n) is 14.0. The van der Waals surface area contributed by atoms with E-state index in [2.05, 4.69) is 15.6 Å². The van der Waals surface area contributed by atoms with Crippen LogP contribution < -0.4 is 21.0 Å². The Labute approximate surface area is 259 Å². The highest BCUT2D eigenvalue weighted by molar-refractivity contribution is 5.99. The molecule has 0 bridgehead atoms. The summed E-state index contributed by atoms with van der Waals surface area (Å²) in [5, 5.41) is 5.77. The van der Waals surface area contributed by atoms with Gasteiger partial charge in [0.05, 0.1) is 0 Å². The van der Waals surface area contributed by atoms with Gasteiger partial charge in [0.1, 0.15) is 34.7 Å². The van der Waals surface area contributed by atoms with Crippen molar-refractivity contribution in [3.8, 4) is 5.75 Å². The van der Waals surface area contributed by atoms with E-state index in [1.54, 1.807) is 84.0 Å².